The van der Waals surface area contributed by atoms with Crippen molar-refractivity contribution in [2.45, 2.75) is 32.5 Å². The van der Waals surface area contributed by atoms with Crippen LogP contribution in [-0.4, -0.2) is 17.8 Å². The maximum atomic E-state index is 9.01. The maximum absolute atomic E-state index is 9.01. The molecule has 0 fully saturated rings. The topological polar surface area (TPSA) is 29.5 Å². The highest BCUT2D eigenvalue weighted by atomic mass is 16.5. The molecule has 1 N–H and O–H groups in total. The van der Waals surface area contributed by atoms with E-state index in [1.165, 1.54) is 5.56 Å². The number of ether oxygens (including phenoxy) is 1. The van der Waals surface area contributed by atoms with Gasteiger partial charge in [0.2, 0.25) is 0 Å². The molecule has 2 nitrogen and oxygen atoms in total. The van der Waals surface area contributed by atoms with Gasteiger partial charge < -0.3 is 9.84 Å². The Balaban J connectivity index is 2.05. The number of aliphatic hydroxyl groups excluding tert-OH is 1. The third-order valence-corrected chi connectivity index (χ3v) is 2.02. The number of hydrogen-bond acceptors (Lipinski definition) is 2. The van der Waals surface area contributed by atoms with E-state index in [2.05, 4.69) is 12.1 Å². The second-order valence-corrected chi connectivity index (χ2v) is 3.53. The van der Waals surface area contributed by atoms with Gasteiger partial charge in [0.15, 0.2) is 0 Å². The molecule has 1 aromatic rings. The predicted molar refractivity (Wildman–Crippen MR) is 57.0 cm³/mol. The predicted octanol–water partition coefficient (Wildman–Crippen LogP) is 2.36. The van der Waals surface area contributed by atoms with Crippen molar-refractivity contribution in [3.63, 3.8) is 0 Å². The highest BCUT2D eigenvalue weighted by Gasteiger charge is 1.95. The van der Waals surface area contributed by atoms with E-state index in [1.807, 2.05) is 18.2 Å². The van der Waals surface area contributed by atoms with Crippen molar-refractivity contribution < 1.29 is 9.84 Å². The molecule has 0 aliphatic heterocycles. The van der Waals surface area contributed by atoms with Gasteiger partial charge in [-0.2, -0.15) is 0 Å². The molecule has 1 aromatic carbocycles. The highest BCUT2D eigenvalue weighted by molar-refractivity contribution is 5.13. The summed E-state index contributed by atoms with van der Waals surface area (Å²) < 4.78 is 5.46. The molecule has 0 heterocycles. The Hall–Kier alpha value is -0.860. The first kappa shape index (κ1) is 11.2. The van der Waals surface area contributed by atoms with Crippen molar-refractivity contribution in [3.05, 3.63) is 35.9 Å². The van der Waals surface area contributed by atoms with Gasteiger partial charge in [-0.05, 0) is 25.3 Å². The molecule has 1 rings (SSSR count). The zero-order valence-corrected chi connectivity index (χ0v) is 8.65. The molecule has 0 amide bonds. The summed E-state index contributed by atoms with van der Waals surface area (Å²) >= 11 is 0. The van der Waals surface area contributed by atoms with Crippen LogP contribution in [0.2, 0.25) is 0 Å². The SMILES string of the molecule is C[C@H](O)CCCOCc1ccccc1. The van der Waals surface area contributed by atoms with Crippen molar-refractivity contribution in [1.29, 1.82) is 0 Å². The van der Waals surface area contributed by atoms with Crippen molar-refractivity contribution in [2.75, 3.05) is 6.61 Å². The molecule has 78 valence electrons. The van der Waals surface area contributed by atoms with Gasteiger partial charge in [-0.25, -0.2) is 0 Å². The van der Waals surface area contributed by atoms with Crippen molar-refractivity contribution in [3.8, 4) is 0 Å². The van der Waals surface area contributed by atoms with Crippen LogP contribution in [0.1, 0.15) is 25.3 Å². The average molecular weight is 194 g/mol. The lowest BCUT2D eigenvalue weighted by atomic mass is 10.2. The lowest BCUT2D eigenvalue weighted by Gasteiger charge is -2.05. The van der Waals surface area contributed by atoms with Gasteiger partial charge in [0, 0.05) is 6.61 Å². The van der Waals surface area contributed by atoms with Crippen molar-refractivity contribution >= 4 is 0 Å². The third kappa shape index (κ3) is 5.00. The Morgan fingerprint density at radius 1 is 1.29 bits per heavy atom. The number of rotatable bonds is 6. The first-order chi connectivity index (χ1) is 6.79. The number of hydrogen-bond donors (Lipinski definition) is 1. The van der Waals surface area contributed by atoms with Crippen LogP contribution < -0.4 is 0 Å². The molecule has 1 atom stereocenters. The van der Waals surface area contributed by atoms with Crippen molar-refractivity contribution in [1.82, 2.24) is 0 Å². The Bertz CT molecular complexity index is 231. The Labute approximate surface area is 85.5 Å². The summed E-state index contributed by atoms with van der Waals surface area (Å²) in [6, 6.07) is 10.1. The van der Waals surface area contributed by atoms with Crippen LogP contribution in [0.3, 0.4) is 0 Å². The minimum Gasteiger partial charge on any atom is -0.393 e. The molecule has 14 heavy (non-hydrogen) atoms. The zero-order valence-electron chi connectivity index (χ0n) is 8.65. The van der Waals surface area contributed by atoms with E-state index >= 15 is 0 Å². The maximum Gasteiger partial charge on any atom is 0.0716 e. The fraction of sp³-hybridized carbons (Fsp3) is 0.500. The van der Waals surface area contributed by atoms with Gasteiger partial charge in [0.1, 0.15) is 0 Å². The average Bonchev–Trinajstić information content (AvgIpc) is 2.18. The fourth-order valence-corrected chi connectivity index (χ4v) is 1.25. The molecule has 0 aliphatic rings. The monoisotopic (exact) mass is 194 g/mol. The first-order valence-corrected chi connectivity index (χ1v) is 5.09. The smallest absolute Gasteiger partial charge is 0.0716 e. The van der Waals surface area contributed by atoms with Gasteiger partial charge in [-0.15, -0.1) is 0 Å². The Kier molecular flexibility index (Phi) is 5.27. The quantitative estimate of drug-likeness (QED) is 0.704. The summed E-state index contributed by atoms with van der Waals surface area (Å²) in [5.74, 6) is 0. The van der Waals surface area contributed by atoms with E-state index in [1.54, 1.807) is 6.92 Å². The van der Waals surface area contributed by atoms with E-state index in [0.29, 0.717) is 6.61 Å². The van der Waals surface area contributed by atoms with Gasteiger partial charge in [-0.3, -0.25) is 0 Å². The van der Waals surface area contributed by atoms with Crippen LogP contribution in [0.25, 0.3) is 0 Å². The summed E-state index contributed by atoms with van der Waals surface area (Å²) in [5, 5.41) is 9.01. The highest BCUT2D eigenvalue weighted by Crippen LogP contribution is 2.02. The molecular formula is C12H18O2. The van der Waals surface area contributed by atoms with Crippen LogP contribution in [0.5, 0.6) is 0 Å². The van der Waals surface area contributed by atoms with E-state index in [9.17, 15) is 0 Å². The summed E-state index contributed by atoms with van der Waals surface area (Å²) in [7, 11) is 0. The lowest BCUT2D eigenvalue weighted by molar-refractivity contribution is 0.101. The fourth-order valence-electron chi connectivity index (χ4n) is 1.25. The van der Waals surface area contributed by atoms with E-state index in [4.69, 9.17) is 9.84 Å². The molecular weight excluding hydrogens is 176 g/mol. The number of aliphatic hydroxyl groups is 1. The first-order valence-electron chi connectivity index (χ1n) is 5.09. The summed E-state index contributed by atoms with van der Waals surface area (Å²) in [4.78, 5) is 0. The second kappa shape index (κ2) is 6.57. The van der Waals surface area contributed by atoms with Crippen LogP contribution in [0.4, 0.5) is 0 Å². The summed E-state index contributed by atoms with van der Waals surface area (Å²) in [6.07, 6.45) is 1.52. The molecule has 0 radical (unpaired) electrons. The molecule has 0 saturated heterocycles. The Morgan fingerprint density at radius 3 is 2.64 bits per heavy atom. The van der Waals surface area contributed by atoms with Crippen LogP contribution in [0.15, 0.2) is 30.3 Å². The summed E-state index contributed by atoms with van der Waals surface area (Å²) in [6.45, 7) is 3.19. The molecule has 0 saturated carbocycles. The van der Waals surface area contributed by atoms with Gasteiger partial charge in [-0.1, -0.05) is 30.3 Å². The molecule has 0 aromatic heterocycles. The molecule has 0 aliphatic carbocycles. The Morgan fingerprint density at radius 2 is 2.00 bits per heavy atom. The zero-order chi connectivity index (χ0) is 10.2. The standard InChI is InChI=1S/C12H18O2/c1-11(13)6-5-9-14-10-12-7-3-2-4-8-12/h2-4,7-8,11,13H,5-6,9-10H2,1H3/t11-/m0/s1. The molecule has 0 spiro atoms. The molecule has 2 heteroatoms. The van der Waals surface area contributed by atoms with Crippen LogP contribution in [-0.2, 0) is 11.3 Å². The third-order valence-electron chi connectivity index (χ3n) is 2.02. The molecule has 0 bridgehead atoms. The van der Waals surface area contributed by atoms with Crippen LogP contribution >= 0.6 is 0 Å². The van der Waals surface area contributed by atoms with Gasteiger partial charge in [0.25, 0.3) is 0 Å². The lowest BCUT2D eigenvalue weighted by Crippen LogP contribution is -2.02. The van der Waals surface area contributed by atoms with Gasteiger partial charge >= 0.3 is 0 Å². The minimum atomic E-state index is -0.213. The van der Waals surface area contributed by atoms with E-state index < -0.39 is 0 Å². The van der Waals surface area contributed by atoms with E-state index in [-0.39, 0.29) is 6.10 Å². The van der Waals surface area contributed by atoms with Crippen molar-refractivity contribution in [2.24, 2.45) is 0 Å². The second-order valence-electron chi connectivity index (χ2n) is 3.53. The molecule has 0 unspecified atom stereocenters. The normalized spacial score (nSPS) is 12.7. The van der Waals surface area contributed by atoms with Crippen LogP contribution in [0, 0.1) is 0 Å². The number of benzene rings is 1. The largest absolute Gasteiger partial charge is 0.393 e. The summed E-state index contributed by atoms with van der Waals surface area (Å²) in [5.41, 5.74) is 1.20. The van der Waals surface area contributed by atoms with E-state index in [0.717, 1.165) is 19.4 Å². The minimum absolute atomic E-state index is 0.213. The van der Waals surface area contributed by atoms with Gasteiger partial charge in [0.05, 0.1) is 12.7 Å².